The van der Waals surface area contributed by atoms with E-state index in [1.165, 1.54) is 0 Å². The molecule has 1 aliphatic heterocycles. The second-order valence-corrected chi connectivity index (χ2v) is 4.18. The van der Waals surface area contributed by atoms with E-state index in [2.05, 4.69) is 12.2 Å². The van der Waals surface area contributed by atoms with Gasteiger partial charge in [-0.25, -0.2) is 0 Å². The predicted molar refractivity (Wildman–Crippen MR) is 52.7 cm³/mol. The molecule has 0 aromatic heterocycles. The van der Waals surface area contributed by atoms with Crippen molar-refractivity contribution in [2.24, 2.45) is 0 Å². The first kappa shape index (κ1) is 11.0. The van der Waals surface area contributed by atoms with Crippen LogP contribution in [0.4, 0.5) is 0 Å². The van der Waals surface area contributed by atoms with Crippen LogP contribution in [-0.2, 0) is 9.47 Å². The Morgan fingerprint density at radius 3 is 2.46 bits per heavy atom. The molecule has 1 N–H and O–H groups in total. The Bertz CT molecular complexity index is 142. The summed E-state index contributed by atoms with van der Waals surface area (Å²) in [4.78, 5) is 0. The standard InChI is InChI=1S/C10H21NO2/c1-9(2)12-8-13-10(3)4-6-11-7-5-10/h9,11H,4-8H2,1-3H3. The van der Waals surface area contributed by atoms with Crippen LogP contribution in [0.5, 0.6) is 0 Å². The third kappa shape index (κ3) is 4.07. The Balaban J connectivity index is 2.17. The van der Waals surface area contributed by atoms with Crippen molar-refractivity contribution in [2.75, 3.05) is 19.9 Å². The van der Waals surface area contributed by atoms with Crippen molar-refractivity contribution in [1.82, 2.24) is 5.32 Å². The van der Waals surface area contributed by atoms with Crippen LogP contribution in [0.1, 0.15) is 33.6 Å². The summed E-state index contributed by atoms with van der Waals surface area (Å²) in [6, 6.07) is 0. The van der Waals surface area contributed by atoms with Gasteiger partial charge in [0.2, 0.25) is 0 Å². The maximum absolute atomic E-state index is 5.72. The van der Waals surface area contributed by atoms with Crippen molar-refractivity contribution in [1.29, 1.82) is 0 Å². The molecule has 1 aliphatic rings. The van der Waals surface area contributed by atoms with Gasteiger partial charge >= 0.3 is 0 Å². The highest BCUT2D eigenvalue weighted by atomic mass is 16.7. The molecule has 0 saturated carbocycles. The van der Waals surface area contributed by atoms with Crippen molar-refractivity contribution in [2.45, 2.75) is 45.3 Å². The predicted octanol–water partition coefficient (Wildman–Crippen LogP) is 1.53. The zero-order valence-corrected chi connectivity index (χ0v) is 8.93. The van der Waals surface area contributed by atoms with Gasteiger partial charge in [0.1, 0.15) is 6.79 Å². The highest BCUT2D eigenvalue weighted by Gasteiger charge is 2.27. The van der Waals surface area contributed by atoms with Crippen LogP contribution >= 0.6 is 0 Å². The van der Waals surface area contributed by atoms with Gasteiger partial charge < -0.3 is 14.8 Å². The Kier molecular flexibility index (Phi) is 4.16. The van der Waals surface area contributed by atoms with Crippen molar-refractivity contribution < 1.29 is 9.47 Å². The molecule has 0 bridgehead atoms. The van der Waals surface area contributed by atoms with Crippen molar-refractivity contribution in [3.05, 3.63) is 0 Å². The fourth-order valence-electron chi connectivity index (χ4n) is 1.41. The van der Waals surface area contributed by atoms with Crippen LogP contribution in [0, 0.1) is 0 Å². The van der Waals surface area contributed by atoms with Crippen LogP contribution < -0.4 is 5.32 Å². The van der Waals surface area contributed by atoms with Crippen LogP contribution in [0.3, 0.4) is 0 Å². The fourth-order valence-corrected chi connectivity index (χ4v) is 1.41. The summed E-state index contributed by atoms with van der Waals surface area (Å²) in [5.41, 5.74) is 0.0279. The van der Waals surface area contributed by atoms with Gasteiger partial charge in [0, 0.05) is 0 Å². The minimum atomic E-state index is 0.0279. The van der Waals surface area contributed by atoms with Gasteiger partial charge in [-0.2, -0.15) is 0 Å². The molecule has 0 aliphatic carbocycles. The first-order valence-corrected chi connectivity index (χ1v) is 5.09. The molecule has 0 unspecified atom stereocenters. The van der Waals surface area contributed by atoms with E-state index in [1.807, 2.05) is 13.8 Å². The minimum Gasteiger partial charge on any atom is -0.353 e. The average Bonchev–Trinajstić information content (AvgIpc) is 2.04. The molecule has 0 aromatic rings. The Morgan fingerprint density at radius 1 is 1.31 bits per heavy atom. The molecule has 78 valence electrons. The number of piperidine rings is 1. The second kappa shape index (κ2) is 4.94. The van der Waals surface area contributed by atoms with Crippen LogP contribution in [0.2, 0.25) is 0 Å². The van der Waals surface area contributed by atoms with Crippen molar-refractivity contribution in [3.8, 4) is 0 Å². The number of ether oxygens (including phenoxy) is 2. The Morgan fingerprint density at radius 2 is 1.92 bits per heavy atom. The molecule has 1 heterocycles. The van der Waals surface area contributed by atoms with Crippen molar-refractivity contribution >= 4 is 0 Å². The van der Waals surface area contributed by atoms with Crippen LogP contribution in [0.25, 0.3) is 0 Å². The van der Waals surface area contributed by atoms with Crippen LogP contribution in [0.15, 0.2) is 0 Å². The van der Waals surface area contributed by atoms with E-state index in [9.17, 15) is 0 Å². The first-order valence-electron chi connectivity index (χ1n) is 5.09. The number of nitrogens with one attached hydrogen (secondary N) is 1. The van der Waals surface area contributed by atoms with Gasteiger partial charge in [0.15, 0.2) is 0 Å². The van der Waals surface area contributed by atoms with Gasteiger partial charge in [0.25, 0.3) is 0 Å². The summed E-state index contributed by atoms with van der Waals surface area (Å²) >= 11 is 0. The summed E-state index contributed by atoms with van der Waals surface area (Å²) in [6.45, 7) is 8.74. The van der Waals surface area contributed by atoms with Crippen molar-refractivity contribution in [3.63, 3.8) is 0 Å². The average molecular weight is 187 g/mol. The zero-order valence-electron chi connectivity index (χ0n) is 8.93. The summed E-state index contributed by atoms with van der Waals surface area (Å²) in [6.07, 6.45) is 2.41. The second-order valence-electron chi connectivity index (χ2n) is 4.18. The Hall–Kier alpha value is -0.120. The largest absolute Gasteiger partial charge is 0.353 e. The third-order valence-electron chi connectivity index (χ3n) is 2.47. The summed E-state index contributed by atoms with van der Waals surface area (Å²) in [5.74, 6) is 0. The Labute approximate surface area is 80.8 Å². The van der Waals surface area contributed by atoms with E-state index in [1.54, 1.807) is 0 Å². The molecule has 1 fully saturated rings. The molecule has 0 radical (unpaired) electrons. The number of hydrogen-bond acceptors (Lipinski definition) is 3. The third-order valence-corrected chi connectivity index (χ3v) is 2.47. The molecular weight excluding hydrogens is 166 g/mol. The number of hydrogen-bond donors (Lipinski definition) is 1. The van der Waals surface area contributed by atoms with E-state index in [4.69, 9.17) is 9.47 Å². The molecule has 3 heteroatoms. The van der Waals surface area contributed by atoms with E-state index >= 15 is 0 Å². The van der Waals surface area contributed by atoms with Crippen LogP contribution in [-0.4, -0.2) is 31.6 Å². The lowest BCUT2D eigenvalue weighted by Gasteiger charge is -2.34. The van der Waals surface area contributed by atoms with Gasteiger partial charge in [-0.05, 0) is 46.7 Å². The van der Waals surface area contributed by atoms with Gasteiger partial charge in [-0.1, -0.05) is 0 Å². The highest BCUT2D eigenvalue weighted by Crippen LogP contribution is 2.21. The van der Waals surface area contributed by atoms with Gasteiger partial charge in [0.05, 0.1) is 11.7 Å². The summed E-state index contributed by atoms with van der Waals surface area (Å²) < 4.78 is 11.1. The fraction of sp³-hybridized carbons (Fsp3) is 1.00. The molecule has 0 aromatic carbocycles. The monoisotopic (exact) mass is 187 g/mol. The van der Waals surface area contributed by atoms with E-state index in [-0.39, 0.29) is 11.7 Å². The lowest BCUT2D eigenvalue weighted by molar-refractivity contribution is -0.157. The maximum Gasteiger partial charge on any atom is 0.147 e. The molecule has 0 spiro atoms. The van der Waals surface area contributed by atoms with E-state index < -0.39 is 0 Å². The number of rotatable bonds is 4. The molecule has 0 atom stereocenters. The van der Waals surface area contributed by atoms with E-state index in [0.717, 1.165) is 25.9 Å². The normalized spacial score (nSPS) is 22.2. The lowest BCUT2D eigenvalue weighted by atomic mass is 9.95. The molecule has 3 nitrogen and oxygen atoms in total. The van der Waals surface area contributed by atoms with E-state index in [0.29, 0.717) is 6.79 Å². The summed E-state index contributed by atoms with van der Waals surface area (Å²) in [5, 5.41) is 3.32. The summed E-state index contributed by atoms with van der Waals surface area (Å²) in [7, 11) is 0. The molecule has 1 saturated heterocycles. The quantitative estimate of drug-likeness (QED) is 0.677. The molecular formula is C10H21NO2. The SMILES string of the molecule is CC(C)OCOC1(C)CCNCC1. The highest BCUT2D eigenvalue weighted by molar-refractivity contribution is 4.81. The zero-order chi connectivity index (χ0) is 9.73. The minimum absolute atomic E-state index is 0.0279. The first-order chi connectivity index (χ1) is 6.12. The van der Waals surface area contributed by atoms with Gasteiger partial charge in [-0.3, -0.25) is 0 Å². The molecule has 0 amide bonds. The topological polar surface area (TPSA) is 30.5 Å². The molecule has 1 rings (SSSR count). The lowest BCUT2D eigenvalue weighted by Crippen LogP contribution is -2.42. The molecule has 13 heavy (non-hydrogen) atoms. The smallest absolute Gasteiger partial charge is 0.147 e. The maximum atomic E-state index is 5.72. The van der Waals surface area contributed by atoms with Gasteiger partial charge in [-0.15, -0.1) is 0 Å².